The molecule has 1 aliphatic heterocycles. The van der Waals surface area contributed by atoms with E-state index < -0.39 is 0 Å². The van der Waals surface area contributed by atoms with Gasteiger partial charge < -0.3 is 5.32 Å². The molecule has 0 aromatic heterocycles. The fourth-order valence-corrected chi connectivity index (χ4v) is 3.08. The van der Waals surface area contributed by atoms with Gasteiger partial charge in [-0.15, -0.1) is 0 Å². The highest BCUT2D eigenvalue weighted by Crippen LogP contribution is 2.35. The van der Waals surface area contributed by atoms with Gasteiger partial charge in [0.05, 0.1) is 0 Å². The van der Waals surface area contributed by atoms with Crippen LogP contribution in [0.4, 0.5) is 0 Å². The average molecular weight is 235 g/mol. The Labute approximate surface area is 103 Å². The molecule has 1 aromatic rings. The maximum atomic E-state index is 3.45. The first-order valence-corrected chi connectivity index (χ1v) is 7.44. The van der Waals surface area contributed by atoms with Crippen LogP contribution in [0.25, 0.3) is 0 Å². The Morgan fingerprint density at radius 1 is 1.31 bits per heavy atom. The summed E-state index contributed by atoms with van der Waals surface area (Å²) in [5.41, 5.74) is 3.45. The number of thioether (sulfide) groups is 1. The summed E-state index contributed by atoms with van der Waals surface area (Å²) in [6, 6.07) is 8.87. The minimum absolute atomic E-state index is 0.432. The van der Waals surface area contributed by atoms with Gasteiger partial charge >= 0.3 is 0 Å². The van der Waals surface area contributed by atoms with E-state index in [1.807, 2.05) is 11.8 Å². The van der Waals surface area contributed by atoms with Crippen molar-refractivity contribution in [3.8, 4) is 0 Å². The van der Waals surface area contributed by atoms with Crippen LogP contribution in [0.1, 0.15) is 24.0 Å². The molecule has 0 saturated carbocycles. The Morgan fingerprint density at radius 2 is 2.06 bits per heavy atom. The van der Waals surface area contributed by atoms with Crippen molar-refractivity contribution >= 4 is 11.8 Å². The topological polar surface area (TPSA) is 12.0 Å². The van der Waals surface area contributed by atoms with Gasteiger partial charge in [-0.1, -0.05) is 24.3 Å². The minimum Gasteiger partial charge on any atom is -0.315 e. The summed E-state index contributed by atoms with van der Waals surface area (Å²) < 4.78 is 0. The Kier molecular flexibility index (Phi) is 3.93. The van der Waals surface area contributed by atoms with Crippen molar-refractivity contribution in [3.63, 3.8) is 0 Å². The lowest BCUT2D eigenvalue weighted by Crippen LogP contribution is -2.57. The summed E-state index contributed by atoms with van der Waals surface area (Å²) >= 11 is 1.96. The molecule has 1 aliphatic rings. The van der Waals surface area contributed by atoms with Gasteiger partial charge in [-0.3, -0.25) is 0 Å². The van der Waals surface area contributed by atoms with Gasteiger partial charge in [0.25, 0.3) is 0 Å². The molecule has 1 heterocycles. The molecule has 0 atom stereocenters. The van der Waals surface area contributed by atoms with Crippen molar-refractivity contribution < 1.29 is 0 Å². The highest BCUT2D eigenvalue weighted by molar-refractivity contribution is 7.98. The molecule has 1 fully saturated rings. The van der Waals surface area contributed by atoms with E-state index in [-0.39, 0.29) is 0 Å². The number of rotatable bonds is 5. The molecule has 1 nitrogen and oxygen atoms in total. The zero-order valence-corrected chi connectivity index (χ0v) is 11.1. The predicted octanol–water partition coefficient (Wildman–Crippen LogP) is 2.98. The van der Waals surface area contributed by atoms with Gasteiger partial charge in [-0.25, -0.2) is 0 Å². The van der Waals surface area contributed by atoms with Crippen LogP contribution < -0.4 is 5.32 Å². The fourth-order valence-electron chi connectivity index (χ4n) is 2.65. The molecule has 0 aliphatic carbocycles. The van der Waals surface area contributed by atoms with Crippen LogP contribution in [0.2, 0.25) is 0 Å². The van der Waals surface area contributed by atoms with Crippen LogP contribution in [0, 0.1) is 6.92 Å². The molecule has 0 amide bonds. The van der Waals surface area contributed by atoms with Crippen LogP contribution in [-0.2, 0) is 5.41 Å². The average Bonchev–Trinajstić information content (AvgIpc) is 2.24. The number of hydrogen-bond acceptors (Lipinski definition) is 2. The monoisotopic (exact) mass is 235 g/mol. The van der Waals surface area contributed by atoms with Gasteiger partial charge in [0.15, 0.2) is 0 Å². The molecule has 1 N–H and O–H groups in total. The van der Waals surface area contributed by atoms with Crippen molar-refractivity contribution in [2.45, 2.75) is 25.2 Å². The standard InChI is InChI=1S/C14H21NS/c1-12-6-3-4-7-13(12)14(10-15-11-14)8-5-9-16-2/h3-4,6-7,15H,5,8-11H2,1-2H3. The van der Waals surface area contributed by atoms with Crippen LogP contribution >= 0.6 is 11.8 Å². The Bertz CT molecular complexity index is 344. The van der Waals surface area contributed by atoms with Crippen molar-refractivity contribution in [1.82, 2.24) is 5.32 Å². The number of benzene rings is 1. The maximum Gasteiger partial charge on any atom is 0.0205 e. The van der Waals surface area contributed by atoms with Gasteiger partial charge in [0.2, 0.25) is 0 Å². The zero-order valence-electron chi connectivity index (χ0n) is 10.3. The van der Waals surface area contributed by atoms with E-state index in [0.717, 1.165) is 13.1 Å². The predicted molar refractivity (Wildman–Crippen MR) is 73.3 cm³/mol. The Balaban J connectivity index is 2.12. The molecule has 0 bridgehead atoms. The second-order valence-corrected chi connectivity index (χ2v) is 5.78. The second-order valence-electron chi connectivity index (χ2n) is 4.80. The summed E-state index contributed by atoms with van der Waals surface area (Å²) in [7, 11) is 0. The van der Waals surface area contributed by atoms with Crippen molar-refractivity contribution in [3.05, 3.63) is 35.4 Å². The van der Waals surface area contributed by atoms with Gasteiger partial charge in [-0.2, -0.15) is 11.8 Å². The highest BCUT2D eigenvalue weighted by Gasteiger charge is 2.38. The quantitative estimate of drug-likeness (QED) is 0.788. The zero-order chi connectivity index (χ0) is 11.4. The highest BCUT2D eigenvalue weighted by atomic mass is 32.2. The number of hydrogen-bond donors (Lipinski definition) is 1. The normalized spacial score (nSPS) is 18.1. The molecule has 2 heteroatoms. The van der Waals surface area contributed by atoms with E-state index in [1.165, 1.54) is 24.2 Å². The molecule has 1 saturated heterocycles. The number of aryl methyl sites for hydroxylation is 1. The molecule has 16 heavy (non-hydrogen) atoms. The van der Waals surface area contributed by atoms with Crippen molar-refractivity contribution in [2.75, 3.05) is 25.1 Å². The first-order chi connectivity index (χ1) is 7.78. The van der Waals surface area contributed by atoms with Crippen LogP contribution in [0.15, 0.2) is 24.3 Å². The summed E-state index contributed by atoms with van der Waals surface area (Å²) in [5, 5.41) is 3.45. The Hall–Kier alpha value is -0.470. The molecule has 2 rings (SSSR count). The van der Waals surface area contributed by atoms with Gasteiger partial charge in [0.1, 0.15) is 0 Å². The van der Waals surface area contributed by atoms with Crippen LogP contribution in [0.5, 0.6) is 0 Å². The SMILES string of the molecule is CSCCCC1(c2ccccc2C)CNC1. The second kappa shape index (κ2) is 5.24. The van der Waals surface area contributed by atoms with E-state index in [0.29, 0.717) is 5.41 Å². The molecule has 0 radical (unpaired) electrons. The maximum absolute atomic E-state index is 3.45. The first kappa shape index (κ1) is 12.0. The summed E-state index contributed by atoms with van der Waals surface area (Å²) in [4.78, 5) is 0. The number of nitrogens with one attached hydrogen (secondary N) is 1. The van der Waals surface area contributed by atoms with Crippen molar-refractivity contribution in [1.29, 1.82) is 0 Å². The fraction of sp³-hybridized carbons (Fsp3) is 0.571. The molecule has 0 spiro atoms. The van der Waals surface area contributed by atoms with E-state index >= 15 is 0 Å². The molecular formula is C14H21NS. The lowest BCUT2D eigenvalue weighted by Gasteiger charge is -2.44. The largest absolute Gasteiger partial charge is 0.315 e. The van der Waals surface area contributed by atoms with Gasteiger partial charge in [0, 0.05) is 18.5 Å². The van der Waals surface area contributed by atoms with Crippen LogP contribution in [0.3, 0.4) is 0 Å². The van der Waals surface area contributed by atoms with E-state index in [2.05, 4.69) is 42.8 Å². The Morgan fingerprint density at radius 3 is 2.62 bits per heavy atom. The third-order valence-electron chi connectivity index (χ3n) is 3.65. The lowest BCUT2D eigenvalue weighted by molar-refractivity contribution is 0.255. The van der Waals surface area contributed by atoms with E-state index in [4.69, 9.17) is 0 Å². The van der Waals surface area contributed by atoms with E-state index in [1.54, 1.807) is 5.56 Å². The summed E-state index contributed by atoms with van der Waals surface area (Å²) in [6.07, 6.45) is 4.85. The van der Waals surface area contributed by atoms with Crippen LogP contribution in [-0.4, -0.2) is 25.1 Å². The molecular weight excluding hydrogens is 214 g/mol. The molecule has 88 valence electrons. The molecule has 1 aromatic carbocycles. The summed E-state index contributed by atoms with van der Waals surface area (Å²) in [6.45, 7) is 4.56. The van der Waals surface area contributed by atoms with Gasteiger partial charge in [-0.05, 0) is 42.9 Å². The van der Waals surface area contributed by atoms with E-state index in [9.17, 15) is 0 Å². The summed E-state index contributed by atoms with van der Waals surface area (Å²) in [5.74, 6) is 1.29. The first-order valence-electron chi connectivity index (χ1n) is 6.04. The molecule has 0 unspecified atom stereocenters. The minimum atomic E-state index is 0.432. The lowest BCUT2D eigenvalue weighted by atomic mass is 9.70. The third kappa shape index (κ3) is 2.28. The third-order valence-corrected chi connectivity index (χ3v) is 4.34. The van der Waals surface area contributed by atoms with Crippen molar-refractivity contribution in [2.24, 2.45) is 0 Å². The smallest absolute Gasteiger partial charge is 0.0205 e.